The van der Waals surface area contributed by atoms with Crippen LogP contribution in [0.3, 0.4) is 0 Å². The van der Waals surface area contributed by atoms with Gasteiger partial charge < -0.3 is 9.73 Å². The van der Waals surface area contributed by atoms with Crippen molar-refractivity contribution in [2.45, 2.75) is 45.7 Å². The van der Waals surface area contributed by atoms with E-state index in [0.717, 1.165) is 38.0 Å². The van der Waals surface area contributed by atoms with Crippen LogP contribution in [0.5, 0.6) is 0 Å². The van der Waals surface area contributed by atoms with Crippen molar-refractivity contribution in [1.29, 1.82) is 0 Å². The third kappa shape index (κ3) is 3.04. The number of rotatable bonds is 2. The zero-order chi connectivity index (χ0) is 12.5. The summed E-state index contributed by atoms with van der Waals surface area (Å²) in [5.74, 6) is 1.44. The highest BCUT2D eigenvalue weighted by atomic mass is 16.4. The van der Waals surface area contributed by atoms with Crippen LogP contribution in [-0.4, -0.2) is 40.8 Å². The minimum Gasteiger partial charge on any atom is -0.423 e. The van der Waals surface area contributed by atoms with Crippen molar-refractivity contribution in [3.05, 3.63) is 11.8 Å². The Balaban J connectivity index is 2.01. The summed E-state index contributed by atoms with van der Waals surface area (Å²) < 4.78 is 5.71. The molecule has 5 heteroatoms. The summed E-state index contributed by atoms with van der Waals surface area (Å²) in [6, 6.07) is 0.522. The summed E-state index contributed by atoms with van der Waals surface area (Å²) in [5, 5.41) is 11.6. The maximum atomic E-state index is 5.71. The Hall–Kier alpha value is -0.940. The van der Waals surface area contributed by atoms with E-state index in [2.05, 4.69) is 48.1 Å². The Kier molecular flexibility index (Phi) is 3.49. The van der Waals surface area contributed by atoms with Gasteiger partial charge in [-0.25, -0.2) is 0 Å². The van der Waals surface area contributed by atoms with Crippen molar-refractivity contribution in [2.75, 3.05) is 19.6 Å². The van der Waals surface area contributed by atoms with Crippen LogP contribution < -0.4 is 5.32 Å². The van der Waals surface area contributed by atoms with Crippen molar-refractivity contribution >= 4 is 0 Å². The molecule has 1 aromatic heterocycles. The average Bonchev–Trinajstić information content (AvgIpc) is 2.69. The molecule has 1 N–H and O–H groups in total. The van der Waals surface area contributed by atoms with Crippen LogP contribution in [0.2, 0.25) is 0 Å². The van der Waals surface area contributed by atoms with Crippen LogP contribution in [0, 0.1) is 0 Å². The quantitative estimate of drug-likeness (QED) is 0.838. The molecular weight excluding hydrogens is 216 g/mol. The van der Waals surface area contributed by atoms with Gasteiger partial charge in [0.1, 0.15) is 0 Å². The second-order valence-corrected chi connectivity index (χ2v) is 5.77. The monoisotopic (exact) mass is 238 g/mol. The van der Waals surface area contributed by atoms with Gasteiger partial charge in [0.2, 0.25) is 11.8 Å². The van der Waals surface area contributed by atoms with Gasteiger partial charge in [0, 0.05) is 31.1 Å². The Morgan fingerprint density at radius 1 is 1.41 bits per heavy atom. The van der Waals surface area contributed by atoms with Crippen LogP contribution in [0.15, 0.2) is 4.42 Å². The number of nitrogens with one attached hydrogen (secondary N) is 1. The average molecular weight is 238 g/mol. The normalized spacial score (nSPS) is 22.9. The summed E-state index contributed by atoms with van der Waals surface area (Å²) in [7, 11) is 0. The van der Waals surface area contributed by atoms with Crippen molar-refractivity contribution in [2.24, 2.45) is 0 Å². The molecule has 0 aromatic carbocycles. The van der Waals surface area contributed by atoms with Gasteiger partial charge in [-0.3, -0.25) is 4.90 Å². The Morgan fingerprint density at radius 3 is 2.76 bits per heavy atom. The van der Waals surface area contributed by atoms with Gasteiger partial charge >= 0.3 is 0 Å². The highest BCUT2D eigenvalue weighted by Gasteiger charge is 2.24. The number of hydrogen-bond donors (Lipinski definition) is 1. The molecule has 0 spiro atoms. The zero-order valence-electron chi connectivity index (χ0n) is 11.2. The molecule has 1 aromatic rings. The minimum atomic E-state index is -0.0691. The molecule has 0 bridgehead atoms. The second kappa shape index (κ2) is 4.74. The Bertz CT molecular complexity index is 369. The van der Waals surface area contributed by atoms with Crippen LogP contribution >= 0.6 is 0 Å². The molecule has 1 saturated heterocycles. The van der Waals surface area contributed by atoms with E-state index >= 15 is 0 Å². The fourth-order valence-corrected chi connectivity index (χ4v) is 1.91. The highest BCUT2D eigenvalue weighted by molar-refractivity contribution is 4.96. The number of aromatic nitrogens is 2. The molecule has 0 aliphatic carbocycles. The lowest BCUT2D eigenvalue weighted by atomic mass is 9.97. The van der Waals surface area contributed by atoms with Crippen molar-refractivity contribution in [3.63, 3.8) is 0 Å². The largest absolute Gasteiger partial charge is 0.423 e. The molecule has 1 atom stereocenters. The molecule has 1 fully saturated rings. The topological polar surface area (TPSA) is 54.2 Å². The summed E-state index contributed by atoms with van der Waals surface area (Å²) in [6.45, 7) is 12.3. The van der Waals surface area contributed by atoms with E-state index in [-0.39, 0.29) is 5.41 Å². The zero-order valence-corrected chi connectivity index (χ0v) is 11.2. The molecule has 0 radical (unpaired) electrons. The van der Waals surface area contributed by atoms with Crippen molar-refractivity contribution in [3.8, 4) is 0 Å². The Morgan fingerprint density at radius 2 is 2.18 bits per heavy atom. The van der Waals surface area contributed by atoms with E-state index in [4.69, 9.17) is 4.42 Å². The molecular formula is C12H22N4O. The van der Waals surface area contributed by atoms with E-state index in [9.17, 15) is 0 Å². The third-order valence-corrected chi connectivity index (χ3v) is 3.09. The highest BCUT2D eigenvalue weighted by Crippen LogP contribution is 2.21. The van der Waals surface area contributed by atoms with Gasteiger partial charge in [0.05, 0.1) is 6.54 Å². The minimum absolute atomic E-state index is 0.0691. The first kappa shape index (κ1) is 12.5. The molecule has 5 nitrogen and oxygen atoms in total. The predicted molar refractivity (Wildman–Crippen MR) is 65.7 cm³/mol. The molecule has 17 heavy (non-hydrogen) atoms. The van der Waals surface area contributed by atoms with Gasteiger partial charge in [-0.05, 0) is 6.92 Å². The fraction of sp³-hybridized carbons (Fsp3) is 0.833. The van der Waals surface area contributed by atoms with E-state index in [0.29, 0.717) is 6.04 Å². The third-order valence-electron chi connectivity index (χ3n) is 3.09. The first-order chi connectivity index (χ1) is 7.97. The van der Waals surface area contributed by atoms with Gasteiger partial charge in [0.15, 0.2) is 0 Å². The number of nitrogens with zero attached hydrogens (tertiary/aromatic N) is 3. The summed E-state index contributed by atoms with van der Waals surface area (Å²) >= 11 is 0. The molecule has 0 unspecified atom stereocenters. The van der Waals surface area contributed by atoms with Crippen LogP contribution in [0.4, 0.5) is 0 Å². The van der Waals surface area contributed by atoms with E-state index in [1.54, 1.807) is 0 Å². The van der Waals surface area contributed by atoms with Crippen molar-refractivity contribution < 1.29 is 4.42 Å². The predicted octanol–water partition coefficient (Wildman–Crippen LogP) is 1.16. The number of hydrogen-bond acceptors (Lipinski definition) is 5. The molecule has 2 heterocycles. The number of piperazine rings is 1. The maximum absolute atomic E-state index is 5.71. The first-order valence-corrected chi connectivity index (χ1v) is 6.24. The maximum Gasteiger partial charge on any atom is 0.230 e. The summed E-state index contributed by atoms with van der Waals surface area (Å²) in [6.07, 6.45) is 0. The van der Waals surface area contributed by atoms with Gasteiger partial charge in [0.25, 0.3) is 0 Å². The van der Waals surface area contributed by atoms with E-state index in [1.165, 1.54) is 0 Å². The molecule has 1 aliphatic heterocycles. The lowest BCUT2D eigenvalue weighted by Crippen LogP contribution is -2.49. The summed E-state index contributed by atoms with van der Waals surface area (Å²) in [4.78, 5) is 2.37. The Labute approximate surface area is 103 Å². The molecule has 1 aliphatic rings. The van der Waals surface area contributed by atoms with Crippen LogP contribution in [0.25, 0.3) is 0 Å². The SMILES string of the molecule is C[C@@H]1CNCCN1Cc1nnc(C(C)(C)C)o1. The van der Waals surface area contributed by atoms with E-state index < -0.39 is 0 Å². The summed E-state index contributed by atoms with van der Waals surface area (Å²) in [5.41, 5.74) is -0.0691. The molecule has 0 amide bonds. The lowest BCUT2D eigenvalue weighted by molar-refractivity contribution is 0.149. The molecule has 0 saturated carbocycles. The molecule has 96 valence electrons. The van der Waals surface area contributed by atoms with Gasteiger partial charge in [-0.15, -0.1) is 10.2 Å². The lowest BCUT2D eigenvalue weighted by Gasteiger charge is -2.32. The first-order valence-electron chi connectivity index (χ1n) is 6.24. The van der Waals surface area contributed by atoms with Gasteiger partial charge in [-0.1, -0.05) is 20.8 Å². The van der Waals surface area contributed by atoms with Crippen molar-refractivity contribution in [1.82, 2.24) is 20.4 Å². The van der Waals surface area contributed by atoms with Gasteiger partial charge in [-0.2, -0.15) is 0 Å². The van der Waals surface area contributed by atoms with Crippen LogP contribution in [-0.2, 0) is 12.0 Å². The van der Waals surface area contributed by atoms with Crippen LogP contribution in [0.1, 0.15) is 39.5 Å². The molecule has 2 rings (SSSR count). The smallest absolute Gasteiger partial charge is 0.230 e. The standard InChI is InChI=1S/C12H22N4O/c1-9-7-13-5-6-16(9)8-10-14-15-11(17-10)12(2,3)4/h9,13H,5-8H2,1-4H3/t9-/m1/s1. The van der Waals surface area contributed by atoms with E-state index in [1.807, 2.05) is 0 Å². The fourth-order valence-electron chi connectivity index (χ4n) is 1.91. The second-order valence-electron chi connectivity index (χ2n) is 5.77.